The Labute approximate surface area is 133 Å². The van der Waals surface area contributed by atoms with E-state index in [9.17, 15) is 4.79 Å². The molecule has 0 spiro atoms. The molecule has 1 aromatic heterocycles. The van der Waals surface area contributed by atoms with Gasteiger partial charge in [-0.1, -0.05) is 22.9 Å². The predicted molar refractivity (Wildman–Crippen MR) is 87.9 cm³/mol. The maximum Gasteiger partial charge on any atom is 0.269 e. The SMILES string of the molecule is CNc1nc(N)c(C(=O)Nc2cc(Cl)c(C)cc2Br)s1. The summed E-state index contributed by atoms with van der Waals surface area (Å²) < 4.78 is 0.754. The van der Waals surface area contributed by atoms with Crippen LogP contribution in [0.1, 0.15) is 15.2 Å². The number of amides is 1. The minimum Gasteiger partial charge on any atom is -0.382 e. The molecule has 106 valence electrons. The summed E-state index contributed by atoms with van der Waals surface area (Å²) >= 11 is 10.6. The third-order valence-electron chi connectivity index (χ3n) is 2.57. The van der Waals surface area contributed by atoms with Gasteiger partial charge in [-0.15, -0.1) is 0 Å². The number of aryl methyl sites for hydroxylation is 1. The molecule has 0 fully saturated rings. The number of aromatic nitrogens is 1. The Morgan fingerprint density at radius 2 is 2.20 bits per heavy atom. The van der Waals surface area contributed by atoms with Crippen LogP contribution in [0.4, 0.5) is 16.6 Å². The Morgan fingerprint density at radius 1 is 1.50 bits per heavy atom. The molecule has 2 aromatic rings. The van der Waals surface area contributed by atoms with Gasteiger partial charge >= 0.3 is 0 Å². The number of rotatable bonds is 3. The fourth-order valence-electron chi connectivity index (χ4n) is 1.52. The molecule has 0 saturated carbocycles. The van der Waals surface area contributed by atoms with Crippen molar-refractivity contribution in [3.63, 3.8) is 0 Å². The van der Waals surface area contributed by atoms with Gasteiger partial charge in [0.2, 0.25) is 0 Å². The molecule has 2 rings (SSSR count). The molecule has 0 aliphatic rings. The number of benzene rings is 1. The number of carbonyl (C=O) groups excluding carboxylic acids is 1. The summed E-state index contributed by atoms with van der Waals surface area (Å²) in [5.74, 6) is -0.117. The molecule has 1 aromatic carbocycles. The maximum absolute atomic E-state index is 12.2. The first kappa shape index (κ1) is 15.1. The molecule has 0 aliphatic carbocycles. The van der Waals surface area contributed by atoms with E-state index in [0.717, 1.165) is 10.0 Å². The zero-order valence-corrected chi connectivity index (χ0v) is 13.9. The van der Waals surface area contributed by atoms with Gasteiger partial charge in [-0.05, 0) is 40.5 Å². The average molecular weight is 376 g/mol. The molecule has 20 heavy (non-hydrogen) atoms. The lowest BCUT2D eigenvalue weighted by molar-refractivity contribution is 0.103. The van der Waals surface area contributed by atoms with Crippen LogP contribution in [-0.4, -0.2) is 17.9 Å². The first-order valence-corrected chi connectivity index (χ1v) is 7.62. The molecule has 0 saturated heterocycles. The van der Waals surface area contributed by atoms with Gasteiger partial charge < -0.3 is 16.4 Å². The second-order valence-electron chi connectivity index (χ2n) is 4.02. The van der Waals surface area contributed by atoms with Crippen LogP contribution in [0, 0.1) is 6.92 Å². The van der Waals surface area contributed by atoms with Gasteiger partial charge in [0.25, 0.3) is 5.91 Å². The summed E-state index contributed by atoms with van der Waals surface area (Å²) in [6.45, 7) is 1.89. The molecule has 0 radical (unpaired) electrons. The molecule has 0 unspecified atom stereocenters. The fraction of sp³-hybridized carbons (Fsp3) is 0.167. The molecule has 8 heteroatoms. The molecule has 1 amide bonds. The third-order valence-corrected chi connectivity index (χ3v) is 4.72. The van der Waals surface area contributed by atoms with Crippen molar-refractivity contribution in [3.05, 3.63) is 32.1 Å². The molecule has 0 atom stereocenters. The average Bonchev–Trinajstić information content (AvgIpc) is 2.77. The third kappa shape index (κ3) is 3.05. The quantitative estimate of drug-likeness (QED) is 0.763. The minimum atomic E-state index is -0.317. The van der Waals surface area contributed by atoms with Gasteiger partial charge in [0.15, 0.2) is 5.13 Å². The molecule has 0 bridgehead atoms. The molecule has 1 heterocycles. The highest BCUT2D eigenvalue weighted by Crippen LogP contribution is 2.31. The second-order valence-corrected chi connectivity index (χ2v) is 6.28. The van der Waals surface area contributed by atoms with Gasteiger partial charge in [-0.25, -0.2) is 4.98 Å². The summed E-state index contributed by atoms with van der Waals surface area (Å²) in [5.41, 5.74) is 7.23. The van der Waals surface area contributed by atoms with Crippen molar-refractivity contribution < 1.29 is 4.79 Å². The normalized spacial score (nSPS) is 10.4. The Morgan fingerprint density at radius 3 is 2.80 bits per heavy atom. The van der Waals surface area contributed by atoms with Crippen molar-refractivity contribution in [2.45, 2.75) is 6.92 Å². The predicted octanol–water partition coefficient (Wildman–Crippen LogP) is 3.74. The van der Waals surface area contributed by atoms with Crippen LogP contribution >= 0.6 is 38.9 Å². The van der Waals surface area contributed by atoms with E-state index >= 15 is 0 Å². The number of thiazole rings is 1. The fourth-order valence-corrected chi connectivity index (χ4v) is 2.98. The number of hydrogen-bond donors (Lipinski definition) is 3. The molecular formula is C12H12BrClN4OS. The van der Waals surface area contributed by atoms with E-state index < -0.39 is 0 Å². The van der Waals surface area contributed by atoms with Crippen molar-refractivity contribution in [1.82, 2.24) is 4.98 Å². The van der Waals surface area contributed by atoms with Gasteiger partial charge in [0.05, 0.1) is 5.69 Å². The van der Waals surface area contributed by atoms with Crippen LogP contribution < -0.4 is 16.4 Å². The van der Waals surface area contributed by atoms with E-state index in [1.165, 1.54) is 11.3 Å². The highest BCUT2D eigenvalue weighted by molar-refractivity contribution is 9.10. The van der Waals surface area contributed by atoms with Crippen molar-refractivity contribution in [2.24, 2.45) is 0 Å². The van der Waals surface area contributed by atoms with Crippen LogP contribution in [0.25, 0.3) is 0 Å². The van der Waals surface area contributed by atoms with Crippen molar-refractivity contribution in [2.75, 3.05) is 23.4 Å². The van der Waals surface area contributed by atoms with E-state index in [1.807, 2.05) is 13.0 Å². The molecule has 5 nitrogen and oxygen atoms in total. The second kappa shape index (κ2) is 5.99. The highest BCUT2D eigenvalue weighted by Gasteiger charge is 2.17. The van der Waals surface area contributed by atoms with E-state index in [-0.39, 0.29) is 11.7 Å². The monoisotopic (exact) mass is 374 g/mol. The van der Waals surface area contributed by atoms with Gasteiger partial charge in [0.1, 0.15) is 10.7 Å². The van der Waals surface area contributed by atoms with Gasteiger partial charge in [-0.3, -0.25) is 4.79 Å². The number of nitrogens with one attached hydrogen (secondary N) is 2. The van der Waals surface area contributed by atoms with E-state index in [1.54, 1.807) is 13.1 Å². The number of nitrogens with zero attached hydrogens (tertiary/aromatic N) is 1. The zero-order chi connectivity index (χ0) is 14.9. The van der Waals surface area contributed by atoms with Gasteiger partial charge in [-0.2, -0.15) is 0 Å². The van der Waals surface area contributed by atoms with Crippen LogP contribution in [0.5, 0.6) is 0 Å². The topological polar surface area (TPSA) is 80.0 Å². The maximum atomic E-state index is 12.2. The van der Waals surface area contributed by atoms with Gasteiger partial charge in [0, 0.05) is 16.5 Å². The molecule has 4 N–H and O–H groups in total. The van der Waals surface area contributed by atoms with Crippen molar-refractivity contribution >= 4 is 61.4 Å². The lowest BCUT2D eigenvalue weighted by Crippen LogP contribution is -2.12. The number of halogens is 2. The molecular weight excluding hydrogens is 364 g/mol. The summed E-state index contributed by atoms with van der Waals surface area (Å²) in [5, 5.41) is 6.79. The van der Waals surface area contributed by atoms with Crippen LogP contribution in [0.2, 0.25) is 5.02 Å². The molecule has 0 aliphatic heterocycles. The first-order valence-electron chi connectivity index (χ1n) is 5.63. The largest absolute Gasteiger partial charge is 0.382 e. The first-order chi connectivity index (χ1) is 9.42. The number of hydrogen-bond acceptors (Lipinski definition) is 5. The Hall–Kier alpha value is -1.31. The Bertz CT molecular complexity index is 674. The Balaban J connectivity index is 2.27. The summed E-state index contributed by atoms with van der Waals surface area (Å²) in [4.78, 5) is 16.6. The number of nitrogens with two attached hydrogens (primary N) is 1. The standard InChI is InChI=1S/C12H12BrClN4OS/c1-5-3-6(13)8(4-7(5)14)17-11(19)9-10(15)18-12(16-2)20-9/h3-4H,15H2,1-2H3,(H,16,18)(H,17,19). The van der Waals surface area contributed by atoms with Crippen LogP contribution in [-0.2, 0) is 0 Å². The Kier molecular flexibility index (Phi) is 4.52. The van der Waals surface area contributed by atoms with E-state index in [4.69, 9.17) is 17.3 Å². The number of anilines is 3. The zero-order valence-electron chi connectivity index (χ0n) is 10.8. The minimum absolute atomic E-state index is 0.200. The number of nitrogen functional groups attached to an aromatic ring is 1. The van der Waals surface area contributed by atoms with E-state index in [2.05, 4.69) is 31.5 Å². The highest BCUT2D eigenvalue weighted by atomic mass is 79.9. The summed E-state index contributed by atoms with van der Waals surface area (Å²) in [7, 11) is 1.72. The van der Waals surface area contributed by atoms with Crippen LogP contribution in [0.3, 0.4) is 0 Å². The summed E-state index contributed by atoms with van der Waals surface area (Å²) in [6.07, 6.45) is 0. The summed E-state index contributed by atoms with van der Waals surface area (Å²) in [6, 6.07) is 3.53. The van der Waals surface area contributed by atoms with Crippen molar-refractivity contribution in [3.8, 4) is 0 Å². The van der Waals surface area contributed by atoms with Crippen LogP contribution in [0.15, 0.2) is 16.6 Å². The van der Waals surface area contributed by atoms with Crippen molar-refractivity contribution in [1.29, 1.82) is 0 Å². The lowest BCUT2D eigenvalue weighted by Gasteiger charge is -2.08. The number of carbonyl (C=O) groups is 1. The lowest BCUT2D eigenvalue weighted by atomic mass is 10.2. The smallest absolute Gasteiger partial charge is 0.269 e. The van der Waals surface area contributed by atoms with E-state index in [0.29, 0.717) is 20.7 Å².